The van der Waals surface area contributed by atoms with Crippen molar-refractivity contribution in [3.05, 3.63) is 33.8 Å². The Hall–Kier alpha value is -0.870. The summed E-state index contributed by atoms with van der Waals surface area (Å²) in [5.74, 6) is 0.592. The van der Waals surface area contributed by atoms with E-state index in [4.69, 9.17) is 0 Å². The summed E-state index contributed by atoms with van der Waals surface area (Å²) in [6.07, 6.45) is 2.33. The number of amides is 1. The van der Waals surface area contributed by atoms with Crippen LogP contribution in [-0.4, -0.2) is 23.0 Å². The van der Waals surface area contributed by atoms with Gasteiger partial charge in [-0.1, -0.05) is 41.9 Å². The molecule has 134 valence electrons. The molecule has 0 aliphatic carbocycles. The molecule has 24 heavy (non-hydrogen) atoms. The number of halogens is 1. The van der Waals surface area contributed by atoms with Crippen molar-refractivity contribution in [2.24, 2.45) is 0 Å². The van der Waals surface area contributed by atoms with Crippen molar-refractivity contribution in [1.29, 1.82) is 0 Å². The third-order valence-corrected chi connectivity index (χ3v) is 5.39. The molecule has 4 heteroatoms. The molecule has 2 rings (SSSR count). The lowest BCUT2D eigenvalue weighted by Crippen LogP contribution is -2.62. The van der Waals surface area contributed by atoms with E-state index < -0.39 is 0 Å². The zero-order chi connectivity index (χ0) is 18.1. The first kappa shape index (κ1) is 19.5. The van der Waals surface area contributed by atoms with Crippen molar-refractivity contribution < 1.29 is 4.79 Å². The zero-order valence-electron chi connectivity index (χ0n) is 15.8. The van der Waals surface area contributed by atoms with Crippen molar-refractivity contribution in [1.82, 2.24) is 10.6 Å². The van der Waals surface area contributed by atoms with E-state index in [2.05, 4.69) is 86.3 Å². The van der Waals surface area contributed by atoms with Crippen LogP contribution in [-0.2, 0) is 11.2 Å². The molecule has 1 aromatic carbocycles. The summed E-state index contributed by atoms with van der Waals surface area (Å²) in [5, 5.41) is 6.90. The SMILES string of the molecule is CC(C)c1ccc(CC(=O)NC2CC(C)(C)NC(C)(C)C2)c(Br)c1. The first-order valence-electron chi connectivity index (χ1n) is 8.84. The van der Waals surface area contributed by atoms with Gasteiger partial charge in [0.05, 0.1) is 6.42 Å². The van der Waals surface area contributed by atoms with E-state index in [1.165, 1.54) is 5.56 Å². The number of carbonyl (C=O) groups excluding carboxylic acids is 1. The van der Waals surface area contributed by atoms with E-state index in [0.717, 1.165) is 22.9 Å². The second-order valence-electron chi connectivity index (χ2n) is 8.75. The summed E-state index contributed by atoms with van der Waals surface area (Å²) in [5.41, 5.74) is 2.41. The fourth-order valence-electron chi connectivity index (χ4n) is 3.94. The molecule has 1 amide bonds. The smallest absolute Gasteiger partial charge is 0.224 e. The number of hydrogen-bond donors (Lipinski definition) is 2. The summed E-state index contributed by atoms with van der Waals surface area (Å²) in [6.45, 7) is 13.2. The number of rotatable bonds is 4. The molecular formula is C20H31BrN2O. The fourth-order valence-corrected chi connectivity index (χ4v) is 4.48. The standard InChI is InChI=1S/C20H31BrN2O/c1-13(2)14-7-8-15(17(21)9-14)10-18(24)22-16-11-19(3,4)23-20(5,6)12-16/h7-9,13,16,23H,10-12H2,1-6H3,(H,22,24). The van der Waals surface area contributed by atoms with Gasteiger partial charge in [-0.25, -0.2) is 0 Å². The zero-order valence-corrected chi connectivity index (χ0v) is 17.4. The van der Waals surface area contributed by atoms with E-state index in [9.17, 15) is 4.79 Å². The van der Waals surface area contributed by atoms with Gasteiger partial charge < -0.3 is 10.6 Å². The minimum Gasteiger partial charge on any atom is -0.353 e. The summed E-state index contributed by atoms with van der Waals surface area (Å²) < 4.78 is 1.02. The number of carbonyl (C=O) groups is 1. The van der Waals surface area contributed by atoms with Crippen molar-refractivity contribution in [2.45, 2.75) is 83.8 Å². The lowest BCUT2D eigenvalue weighted by atomic mass is 9.79. The Balaban J connectivity index is 2.01. The molecule has 2 N–H and O–H groups in total. The van der Waals surface area contributed by atoms with Crippen LogP contribution in [0.3, 0.4) is 0 Å². The molecule has 0 aromatic heterocycles. The first-order valence-corrected chi connectivity index (χ1v) is 9.64. The predicted octanol–water partition coefficient (Wildman–Crippen LogP) is 4.54. The third-order valence-electron chi connectivity index (χ3n) is 4.65. The Bertz CT molecular complexity index is 592. The van der Waals surface area contributed by atoms with Crippen molar-refractivity contribution in [2.75, 3.05) is 0 Å². The van der Waals surface area contributed by atoms with Crippen molar-refractivity contribution in [3.8, 4) is 0 Å². The molecule has 1 aliphatic rings. The first-order chi connectivity index (χ1) is 11.0. The molecule has 1 aromatic rings. The minimum absolute atomic E-state index is 0.0409. The van der Waals surface area contributed by atoms with E-state index in [-0.39, 0.29) is 23.0 Å². The van der Waals surface area contributed by atoms with Gasteiger partial charge in [0.15, 0.2) is 0 Å². The number of hydrogen-bond acceptors (Lipinski definition) is 2. The molecule has 0 saturated carbocycles. The van der Waals surface area contributed by atoms with Crippen LogP contribution in [0.2, 0.25) is 0 Å². The Morgan fingerprint density at radius 1 is 1.25 bits per heavy atom. The quantitative estimate of drug-likeness (QED) is 0.786. The van der Waals surface area contributed by atoms with Crippen LogP contribution in [0.15, 0.2) is 22.7 Å². The maximum absolute atomic E-state index is 12.5. The van der Waals surface area contributed by atoms with Gasteiger partial charge in [0, 0.05) is 21.6 Å². The molecular weight excluding hydrogens is 364 g/mol. The predicted molar refractivity (Wildman–Crippen MR) is 104 cm³/mol. The monoisotopic (exact) mass is 394 g/mol. The van der Waals surface area contributed by atoms with E-state index in [1.54, 1.807) is 0 Å². The summed E-state index contributed by atoms with van der Waals surface area (Å²) in [6, 6.07) is 6.53. The van der Waals surface area contributed by atoms with Gasteiger partial charge >= 0.3 is 0 Å². The molecule has 0 radical (unpaired) electrons. The Morgan fingerprint density at radius 2 is 1.83 bits per heavy atom. The van der Waals surface area contributed by atoms with Gasteiger partial charge in [0.25, 0.3) is 0 Å². The minimum atomic E-state index is 0.0409. The Morgan fingerprint density at radius 3 is 2.33 bits per heavy atom. The molecule has 0 atom stereocenters. The van der Waals surface area contributed by atoms with Crippen molar-refractivity contribution >= 4 is 21.8 Å². The second kappa shape index (κ2) is 7.17. The van der Waals surface area contributed by atoms with E-state index in [1.807, 2.05) is 0 Å². The van der Waals surface area contributed by atoms with Crippen LogP contribution in [0.4, 0.5) is 0 Å². The van der Waals surface area contributed by atoms with Gasteiger partial charge in [-0.2, -0.15) is 0 Å². The van der Waals surface area contributed by atoms with Crippen LogP contribution in [0.25, 0.3) is 0 Å². The maximum Gasteiger partial charge on any atom is 0.224 e. The second-order valence-corrected chi connectivity index (χ2v) is 9.60. The van der Waals surface area contributed by atoms with E-state index >= 15 is 0 Å². The van der Waals surface area contributed by atoms with Crippen LogP contribution in [0.1, 0.15) is 71.4 Å². The Labute approximate surface area is 155 Å². The molecule has 1 saturated heterocycles. The van der Waals surface area contributed by atoms with Crippen LogP contribution in [0.5, 0.6) is 0 Å². The summed E-state index contributed by atoms with van der Waals surface area (Å²) >= 11 is 3.62. The highest BCUT2D eigenvalue weighted by atomic mass is 79.9. The molecule has 0 unspecified atom stereocenters. The van der Waals surface area contributed by atoms with Gasteiger partial charge in [0.2, 0.25) is 5.91 Å². The van der Waals surface area contributed by atoms with Crippen molar-refractivity contribution in [3.63, 3.8) is 0 Å². The fraction of sp³-hybridized carbons (Fsp3) is 0.650. The average Bonchev–Trinajstić information content (AvgIpc) is 2.36. The molecule has 1 heterocycles. The van der Waals surface area contributed by atoms with E-state index in [0.29, 0.717) is 12.3 Å². The van der Waals surface area contributed by atoms with Gasteiger partial charge in [-0.15, -0.1) is 0 Å². The highest BCUT2D eigenvalue weighted by Gasteiger charge is 2.38. The normalized spacial score (nSPS) is 20.2. The molecule has 1 fully saturated rings. The average molecular weight is 395 g/mol. The Kier molecular flexibility index (Phi) is 5.81. The highest BCUT2D eigenvalue weighted by molar-refractivity contribution is 9.10. The van der Waals surface area contributed by atoms with Gasteiger partial charge in [-0.3, -0.25) is 4.79 Å². The number of nitrogens with one attached hydrogen (secondary N) is 2. The maximum atomic E-state index is 12.5. The molecule has 1 aliphatic heterocycles. The van der Waals surface area contributed by atoms with Crippen LogP contribution in [0, 0.1) is 0 Å². The molecule has 0 bridgehead atoms. The van der Waals surface area contributed by atoms with Crippen LogP contribution < -0.4 is 10.6 Å². The largest absolute Gasteiger partial charge is 0.353 e. The van der Waals surface area contributed by atoms with Gasteiger partial charge in [-0.05, 0) is 63.6 Å². The number of piperidine rings is 1. The highest BCUT2D eigenvalue weighted by Crippen LogP contribution is 2.29. The summed E-state index contributed by atoms with van der Waals surface area (Å²) in [7, 11) is 0. The third kappa shape index (κ3) is 5.32. The molecule has 0 spiro atoms. The summed E-state index contributed by atoms with van der Waals surface area (Å²) in [4.78, 5) is 12.5. The lowest BCUT2D eigenvalue weighted by molar-refractivity contribution is -0.121. The lowest BCUT2D eigenvalue weighted by Gasteiger charge is -2.46. The topological polar surface area (TPSA) is 41.1 Å². The molecule has 3 nitrogen and oxygen atoms in total. The number of benzene rings is 1. The van der Waals surface area contributed by atoms with Gasteiger partial charge in [0.1, 0.15) is 0 Å². The van der Waals surface area contributed by atoms with Crippen LogP contribution >= 0.6 is 15.9 Å².